The molecule has 0 aliphatic carbocycles. The summed E-state index contributed by atoms with van der Waals surface area (Å²) >= 11 is 0. The molecular weight excluding hydrogens is 274 g/mol. The molecule has 0 radical (unpaired) electrons. The molecule has 3 nitrogen and oxygen atoms in total. The fourth-order valence-electron chi connectivity index (χ4n) is 2.66. The van der Waals surface area contributed by atoms with Crippen LogP contribution < -0.4 is 10.6 Å². The molecule has 21 heavy (non-hydrogen) atoms. The van der Waals surface area contributed by atoms with Gasteiger partial charge in [-0.15, -0.1) is 6.58 Å². The fourth-order valence-corrected chi connectivity index (χ4v) is 2.66. The lowest BCUT2D eigenvalue weighted by atomic mass is 9.86. The lowest BCUT2D eigenvalue weighted by Crippen LogP contribution is -2.50. The second-order valence-corrected chi connectivity index (χ2v) is 5.27. The molecule has 1 aliphatic heterocycles. The number of carbonyl (C=O) groups is 1. The Balaban J connectivity index is 2.09. The van der Waals surface area contributed by atoms with Crippen LogP contribution in [0.2, 0.25) is 0 Å². The van der Waals surface area contributed by atoms with Crippen molar-refractivity contribution in [1.82, 2.24) is 10.6 Å². The zero-order valence-corrected chi connectivity index (χ0v) is 11.9. The quantitative estimate of drug-likeness (QED) is 0.819. The van der Waals surface area contributed by atoms with Gasteiger partial charge in [-0.25, -0.2) is 8.78 Å². The summed E-state index contributed by atoms with van der Waals surface area (Å²) in [6, 6.07) is 3.86. The molecule has 1 fully saturated rings. The number of amides is 1. The second kappa shape index (κ2) is 7.31. The molecule has 2 N–H and O–H groups in total. The molecule has 1 heterocycles. The normalized spacial score (nSPS) is 21.8. The predicted molar refractivity (Wildman–Crippen MR) is 77.9 cm³/mol. The van der Waals surface area contributed by atoms with Gasteiger partial charge in [0.2, 0.25) is 5.91 Å². The van der Waals surface area contributed by atoms with Crippen LogP contribution in [0.5, 0.6) is 0 Å². The zero-order chi connectivity index (χ0) is 15.2. The van der Waals surface area contributed by atoms with Gasteiger partial charge in [0, 0.05) is 24.9 Å². The van der Waals surface area contributed by atoms with E-state index in [-0.39, 0.29) is 17.9 Å². The second-order valence-electron chi connectivity index (χ2n) is 5.27. The van der Waals surface area contributed by atoms with Crippen LogP contribution in [0.15, 0.2) is 30.9 Å². The third kappa shape index (κ3) is 4.11. The van der Waals surface area contributed by atoms with Gasteiger partial charge in [-0.2, -0.15) is 0 Å². The molecule has 1 saturated heterocycles. The van der Waals surface area contributed by atoms with Crippen LogP contribution >= 0.6 is 0 Å². The highest BCUT2D eigenvalue weighted by Gasteiger charge is 2.28. The molecule has 1 aromatic carbocycles. The van der Waals surface area contributed by atoms with Crippen LogP contribution in [0.25, 0.3) is 0 Å². The molecule has 5 heteroatoms. The highest BCUT2D eigenvalue weighted by atomic mass is 19.2. The zero-order valence-electron chi connectivity index (χ0n) is 11.9. The number of halogens is 2. The van der Waals surface area contributed by atoms with E-state index in [1.54, 1.807) is 12.1 Å². The highest BCUT2D eigenvalue weighted by Crippen LogP contribution is 2.27. The molecule has 1 amide bonds. The molecule has 2 rings (SSSR count). The van der Waals surface area contributed by atoms with E-state index in [1.165, 1.54) is 6.07 Å². The van der Waals surface area contributed by atoms with Crippen LogP contribution in [0, 0.1) is 11.6 Å². The summed E-state index contributed by atoms with van der Waals surface area (Å²) in [6.45, 7) is 5.01. The van der Waals surface area contributed by atoms with Gasteiger partial charge in [-0.1, -0.05) is 12.1 Å². The van der Waals surface area contributed by atoms with Crippen molar-refractivity contribution in [2.45, 2.75) is 31.2 Å². The van der Waals surface area contributed by atoms with E-state index in [0.717, 1.165) is 24.6 Å². The van der Waals surface area contributed by atoms with E-state index in [1.807, 2.05) is 0 Å². The summed E-state index contributed by atoms with van der Waals surface area (Å²) in [6.07, 6.45) is 3.50. The number of piperidine rings is 1. The molecule has 1 aromatic rings. The first-order chi connectivity index (χ1) is 10.1. The van der Waals surface area contributed by atoms with E-state index in [0.29, 0.717) is 19.4 Å². The van der Waals surface area contributed by atoms with Crippen molar-refractivity contribution in [3.8, 4) is 0 Å². The van der Waals surface area contributed by atoms with Crippen LogP contribution in [-0.2, 0) is 4.79 Å². The Morgan fingerprint density at radius 3 is 2.95 bits per heavy atom. The predicted octanol–water partition coefficient (Wildman–Crippen LogP) is 2.49. The van der Waals surface area contributed by atoms with Gasteiger partial charge < -0.3 is 10.6 Å². The van der Waals surface area contributed by atoms with E-state index < -0.39 is 11.6 Å². The maximum Gasteiger partial charge on any atom is 0.220 e. The summed E-state index contributed by atoms with van der Waals surface area (Å²) in [7, 11) is 0. The SMILES string of the molecule is C=CCCC(=O)NC1CNCCC1c1ccc(F)c(F)c1. The number of benzene rings is 1. The van der Waals surface area contributed by atoms with Crippen molar-refractivity contribution in [3.63, 3.8) is 0 Å². The van der Waals surface area contributed by atoms with Crippen LogP contribution in [0.1, 0.15) is 30.7 Å². The lowest BCUT2D eigenvalue weighted by Gasteiger charge is -2.33. The summed E-state index contributed by atoms with van der Waals surface area (Å²) in [4.78, 5) is 11.8. The summed E-state index contributed by atoms with van der Waals surface area (Å²) < 4.78 is 26.4. The monoisotopic (exact) mass is 294 g/mol. The van der Waals surface area contributed by atoms with Crippen molar-refractivity contribution in [2.24, 2.45) is 0 Å². The van der Waals surface area contributed by atoms with Crippen molar-refractivity contribution in [3.05, 3.63) is 48.1 Å². The minimum atomic E-state index is -0.848. The average molecular weight is 294 g/mol. The van der Waals surface area contributed by atoms with Gasteiger partial charge in [0.1, 0.15) is 0 Å². The molecule has 2 unspecified atom stereocenters. The molecule has 114 valence electrons. The first kappa shape index (κ1) is 15.6. The Morgan fingerprint density at radius 1 is 1.43 bits per heavy atom. The minimum absolute atomic E-state index is 0.00553. The van der Waals surface area contributed by atoms with Gasteiger partial charge in [-0.05, 0) is 37.1 Å². The number of nitrogens with one attached hydrogen (secondary N) is 2. The van der Waals surface area contributed by atoms with E-state index in [2.05, 4.69) is 17.2 Å². The number of rotatable bonds is 5. The average Bonchev–Trinajstić information content (AvgIpc) is 2.48. The molecule has 0 aromatic heterocycles. The van der Waals surface area contributed by atoms with E-state index in [4.69, 9.17) is 0 Å². The van der Waals surface area contributed by atoms with Gasteiger partial charge in [-0.3, -0.25) is 4.79 Å². The number of hydrogen-bond donors (Lipinski definition) is 2. The third-order valence-corrected chi connectivity index (χ3v) is 3.78. The van der Waals surface area contributed by atoms with Gasteiger partial charge in [0.15, 0.2) is 11.6 Å². The van der Waals surface area contributed by atoms with Crippen molar-refractivity contribution < 1.29 is 13.6 Å². The number of allylic oxidation sites excluding steroid dienone is 1. The molecule has 2 atom stereocenters. The Kier molecular flexibility index (Phi) is 5.44. The summed E-state index contributed by atoms with van der Waals surface area (Å²) in [5, 5.41) is 6.19. The van der Waals surface area contributed by atoms with Crippen LogP contribution in [0.4, 0.5) is 8.78 Å². The fraction of sp³-hybridized carbons (Fsp3) is 0.438. The largest absolute Gasteiger partial charge is 0.351 e. The topological polar surface area (TPSA) is 41.1 Å². The van der Waals surface area contributed by atoms with Gasteiger partial charge >= 0.3 is 0 Å². The van der Waals surface area contributed by atoms with E-state index in [9.17, 15) is 13.6 Å². The molecular formula is C16H20F2N2O. The lowest BCUT2D eigenvalue weighted by molar-refractivity contribution is -0.122. The summed E-state index contributed by atoms with van der Waals surface area (Å²) in [5.41, 5.74) is 0.726. The van der Waals surface area contributed by atoms with Gasteiger partial charge in [0.25, 0.3) is 0 Å². The third-order valence-electron chi connectivity index (χ3n) is 3.78. The van der Waals surface area contributed by atoms with Gasteiger partial charge in [0.05, 0.1) is 0 Å². The molecule has 0 saturated carbocycles. The molecule has 1 aliphatic rings. The first-order valence-electron chi connectivity index (χ1n) is 7.17. The number of carbonyl (C=O) groups excluding carboxylic acids is 1. The Labute approximate surface area is 123 Å². The smallest absolute Gasteiger partial charge is 0.220 e. The van der Waals surface area contributed by atoms with Crippen molar-refractivity contribution >= 4 is 5.91 Å². The van der Waals surface area contributed by atoms with Crippen molar-refractivity contribution in [1.29, 1.82) is 0 Å². The molecule has 0 bridgehead atoms. The maximum absolute atomic E-state index is 13.4. The van der Waals surface area contributed by atoms with E-state index >= 15 is 0 Å². The van der Waals surface area contributed by atoms with Crippen LogP contribution in [0.3, 0.4) is 0 Å². The number of hydrogen-bond acceptors (Lipinski definition) is 2. The highest BCUT2D eigenvalue weighted by molar-refractivity contribution is 5.76. The van der Waals surface area contributed by atoms with Crippen molar-refractivity contribution in [2.75, 3.05) is 13.1 Å². The Hall–Kier alpha value is -1.75. The molecule has 0 spiro atoms. The minimum Gasteiger partial charge on any atom is -0.351 e. The van der Waals surface area contributed by atoms with Crippen LogP contribution in [-0.4, -0.2) is 25.0 Å². The Morgan fingerprint density at radius 2 is 2.24 bits per heavy atom. The summed E-state index contributed by atoms with van der Waals surface area (Å²) in [5.74, 6) is -1.74. The standard InChI is InChI=1S/C16H20F2N2O/c1-2-3-4-16(21)20-15-10-19-8-7-12(15)11-5-6-13(17)14(18)9-11/h2,5-6,9,12,15,19H,1,3-4,7-8,10H2,(H,20,21). The Bertz CT molecular complexity index is 519. The maximum atomic E-state index is 13.4. The first-order valence-corrected chi connectivity index (χ1v) is 7.17.